The lowest BCUT2D eigenvalue weighted by atomic mass is 9.97. The number of morpholine rings is 1. The van der Waals surface area contributed by atoms with Crippen molar-refractivity contribution in [2.45, 2.75) is 45.8 Å². The van der Waals surface area contributed by atoms with E-state index in [1.54, 1.807) is 0 Å². The van der Waals surface area contributed by atoms with Gasteiger partial charge in [-0.15, -0.1) is 0 Å². The van der Waals surface area contributed by atoms with Gasteiger partial charge in [-0.05, 0) is 46.8 Å². The third kappa shape index (κ3) is 3.16. The minimum absolute atomic E-state index is 0.215. The number of carbonyl (C=O) groups excluding carboxylic acids is 1. The highest BCUT2D eigenvalue weighted by atomic mass is 16.5. The fourth-order valence-corrected chi connectivity index (χ4v) is 3.01. The molecule has 0 radical (unpaired) electrons. The second-order valence-corrected chi connectivity index (χ2v) is 6.66. The zero-order valence-electron chi connectivity index (χ0n) is 12.5. The molecule has 0 aliphatic carbocycles. The molecule has 1 aliphatic rings. The summed E-state index contributed by atoms with van der Waals surface area (Å²) in [5, 5.41) is 0. The number of aryl methyl sites for hydroxylation is 1. The topological polar surface area (TPSA) is 29.5 Å². The SMILES string of the molecule is Cc1ccc(N2CC(C)(C)OC(C)(C)C2)c(C=O)c1. The second-order valence-electron chi connectivity index (χ2n) is 6.66. The molecule has 0 unspecified atom stereocenters. The third-order valence-electron chi connectivity index (χ3n) is 3.35. The van der Waals surface area contributed by atoms with Crippen molar-refractivity contribution in [1.29, 1.82) is 0 Å². The number of hydrogen-bond donors (Lipinski definition) is 0. The summed E-state index contributed by atoms with van der Waals surface area (Å²) in [7, 11) is 0. The summed E-state index contributed by atoms with van der Waals surface area (Å²) < 4.78 is 6.08. The maximum absolute atomic E-state index is 11.3. The largest absolute Gasteiger partial charge is 0.366 e. The molecule has 0 aromatic heterocycles. The first-order chi connectivity index (χ1) is 8.72. The van der Waals surface area contributed by atoms with Crippen LogP contribution >= 0.6 is 0 Å². The quantitative estimate of drug-likeness (QED) is 0.766. The molecule has 1 aromatic rings. The Morgan fingerprint density at radius 2 is 1.74 bits per heavy atom. The fourth-order valence-electron chi connectivity index (χ4n) is 3.01. The van der Waals surface area contributed by atoms with Crippen molar-refractivity contribution in [3.8, 4) is 0 Å². The van der Waals surface area contributed by atoms with E-state index in [9.17, 15) is 4.79 Å². The smallest absolute Gasteiger partial charge is 0.152 e. The van der Waals surface area contributed by atoms with Crippen LogP contribution in [0.3, 0.4) is 0 Å². The maximum atomic E-state index is 11.3. The molecule has 1 heterocycles. The first-order valence-corrected chi connectivity index (χ1v) is 6.73. The Morgan fingerprint density at radius 3 is 2.26 bits per heavy atom. The molecule has 1 saturated heterocycles. The molecule has 104 valence electrons. The first-order valence-electron chi connectivity index (χ1n) is 6.73. The lowest BCUT2D eigenvalue weighted by molar-refractivity contribution is -0.133. The minimum atomic E-state index is -0.215. The number of hydrogen-bond acceptors (Lipinski definition) is 3. The van der Waals surface area contributed by atoms with Crippen LogP contribution in [0.4, 0.5) is 5.69 Å². The van der Waals surface area contributed by atoms with Crippen LogP contribution in [0.15, 0.2) is 18.2 Å². The van der Waals surface area contributed by atoms with Crippen LogP contribution in [0.1, 0.15) is 43.6 Å². The summed E-state index contributed by atoms with van der Waals surface area (Å²) in [4.78, 5) is 13.5. The molecule has 0 saturated carbocycles. The molecular weight excluding hydrogens is 238 g/mol. The molecule has 1 aromatic carbocycles. The molecule has 19 heavy (non-hydrogen) atoms. The summed E-state index contributed by atoms with van der Waals surface area (Å²) in [6, 6.07) is 6.03. The highest BCUT2D eigenvalue weighted by Gasteiger charge is 2.38. The summed E-state index contributed by atoms with van der Waals surface area (Å²) in [5.41, 5.74) is 2.44. The highest BCUT2D eigenvalue weighted by Crippen LogP contribution is 2.32. The molecule has 1 aliphatic heterocycles. The van der Waals surface area contributed by atoms with E-state index >= 15 is 0 Å². The van der Waals surface area contributed by atoms with Crippen molar-refractivity contribution < 1.29 is 9.53 Å². The zero-order valence-corrected chi connectivity index (χ0v) is 12.5. The summed E-state index contributed by atoms with van der Waals surface area (Å²) in [6.45, 7) is 12.0. The monoisotopic (exact) mass is 261 g/mol. The molecule has 0 atom stereocenters. The Bertz CT molecular complexity index is 476. The van der Waals surface area contributed by atoms with Gasteiger partial charge in [0.15, 0.2) is 6.29 Å². The second kappa shape index (κ2) is 4.64. The average Bonchev–Trinajstić information content (AvgIpc) is 2.24. The van der Waals surface area contributed by atoms with Gasteiger partial charge in [0.1, 0.15) is 0 Å². The van der Waals surface area contributed by atoms with Crippen LogP contribution in [0, 0.1) is 6.92 Å². The van der Waals surface area contributed by atoms with Crippen molar-refractivity contribution in [2.24, 2.45) is 0 Å². The maximum Gasteiger partial charge on any atom is 0.152 e. The molecule has 0 bridgehead atoms. The van der Waals surface area contributed by atoms with Gasteiger partial charge in [-0.1, -0.05) is 11.6 Å². The molecule has 0 N–H and O–H groups in total. The van der Waals surface area contributed by atoms with Gasteiger partial charge >= 0.3 is 0 Å². The van der Waals surface area contributed by atoms with Gasteiger partial charge in [-0.2, -0.15) is 0 Å². The predicted molar refractivity (Wildman–Crippen MR) is 78.0 cm³/mol. The molecule has 3 heteroatoms. The van der Waals surface area contributed by atoms with Crippen LogP contribution in [-0.2, 0) is 4.74 Å². The highest BCUT2D eigenvalue weighted by molar-refractivity contribution is 5.85. The van der Waals surface area contributed by atoms with Crippen molar-refractivity contribution in [2.75, 3.05) is 18.0 Å². The number of carbonyl (C=O) groups is 1. The molecule has 3 nitrogen and oxygen atoms in total. The predicted octanol–water partition coefficient (Wildman–Crippen LogP) is 3.20. The van der Waals surface area contributed by atoms with E-state index < -0.39 is 0 Å². The Hall–Kier alpha value is -1.35. The van der Waals surface area contributed by atoms with E-state index in [1.165, 1.54) is 0 Å². The number of benzene rings is 1. The lowest BCUT2D eigenvalue weighted by Gasteiger charge is -2.48. The Kier molecular flexibility index (Phi) is 3.43. The molecule has 1 fully saturated rings. The van der Waals surface area contributed by atoms with Gasteiger partial charge in [0.05, 0.1) is 11.2 Å². The Balaban J connectivity index is 2.38. The van der Waals surface area contributed by atoms with Gasteiger partial charge in [0.2, 0.25) is 0 Å². The summed E-state index contributed by atoms with van der Waals surface area (Å²) in [6.07, 6.45) is 0.942. The minimum Gasteiger partial charge on any atom is -0.366 e. The van der Waals surface area contributed by atoms with E-state index in [4.69, 9.17) is 4.74 Å². The normalized spacial score (nSPS) is 21.2. The molecule has 0 amide bonds. The van der Waals surface area contributed by atoms with Crippen LogP contribution in [0.25, 0.3) is 0 Å². The fraction of sp³-hybridized carbons (Fsp3) is 0.562. The van der Waals surface area contributed by atoms with Crippen LogP contribution in [-0.4, -0.2) is 30.6 Å². The number of ether oxygens (including phenoxy) is 1. The van der Waals surface area contributed by atoms with Crippen molar-refractivity contribution in [3.05, 3.63) is 29.3 Å². The number of rotatable bonds is 2. The van der Waals surface area contributed by atoms with Crippen LogP contribution in [0.2, 0.25) is 0 Å². The van der Waals surface area contributed by atoms with E-state index in [-0.39, 0.29) is 11.2 Å². The van der Waals surface area contributed by atoms with Gasteiger partial charge in [0.25, 0.3) is 0 Å². The Labute approximate surface area is 115 Å². The average molecular weight is 261 g/mol. The first kappa shape index (κ1) is 14.1. The van der Waals surface area contributed by atoms with Crippen LogP contribution in [0.5, 0.6) is 0 Å². The summed E-state index contributed by atoms with van der Waals surface area (Å²) >= 11 is 0. The van der Waals surface area contributed by atoms with Crippen LogP contribution < -0.4 is 4.90 Å². The number of nitrogens with zero attached hydrogens (tertiary/aromatic N) is 1. The van der Waals surface area contributed by atoms with Crippen molar-refractivity contribution in [1.82, 2.24) is 0 Å². The van der Waals surface area contributed by atoms with E-state index in [0.29, 0.717) is 0 Å². The van der Waals surface area contributed by atoms with E-state index in [2.05, 4.69) is 38.7 Å². The summed E-state index contributed by atoms with van der Waals surface area (Å²) in [5.74, 6) is 0. The van der Waals surface area contributed by atoms with Crippen molar-refractivity contribution >= 4 is 12.0 Å². The van der Waals surface area contributed by atoms with E-state index in [0.717, 1.165) is 36.2 Å². The van der Waals surface area contributed by atoms with Gasteiger partial charge in [-0.3, -0.25) is 4.79 Å². The lowest BCUT2D eigenvalue weighted by Crippen LogP contribution is -2.57. The molecular formula is C16H23NO2. The van der Waals surface area contributed by atoms with Gasteiger partial charge in [0, 0.05) is 24.3 Å². The third-order valence-corrected chi connectivity index (χ3v) is 3.35. The van der Waals surface area contributed by atoms with Crippen molar-refractivity contribution in [3.63, 3.8) is 0 Å². The number of aldehydes is 1. The van der Waals surface area contributed by atoms with E-state index in [1.807, 2.05) is 19.1 Å². The number of anilines is 1. The van der Waals surface area contributed by atoms with Gasteiger partial charge in [-0.25, -0.2) is 0 Å². The zero-order chi connectivity index (χ0) is 14.3. The standard InChI is InChI=1S/C16H23NO2/c1-12-6-7-14(13(8-12)9-18)17-10-15(2,3)19-16(4,5)11-17/h6-9H,10-11H2,1-5H3. The van der Waals surface area contributed by atoms with Gasteiger partial charge < -0.3 is 9.64 Å². The molecule has 2 rings (SSSR count). The molecule has 0 spiro atoms. The Morgan fingerprint density at radius 1 is 1.16 bits per heavy atom.